The van der Waals surface area contributed by atoms with E-state index in [0.29, 0.717) is 12.0 Å². The van der Waals surface area contributed by atoms with Crippen molar-refractivity contribution in [3.8, 4) is 0 Å². The quantitative estimate of drug-likeness (QED) is 0.848. The van der Waals surface area contributed by atoms with Gasteiger partial charge in [-0.15, -0.1) is 0 Å². The van der Waals surface area contributed by atoms with Gasteiger partial charge in [-0.2, -0.15) is 11.3 Å². The highest BCUT2D eigenvalue weighted by atomic mass is 32.1. The maximum Gasteiger partial charge on any atom is 0.326 e. The smallest absolute Gasteiger partial charge is 0.326 e. The predicted molar refractivity (Wildman–Crippen MR) is 67.4 cm³/mol. The number of carbonyl (C=O) groups is 2. The summed E-state index contributed by atoms with van der Waals surface area (Å²) in [7, 11) is 0. The van der Waals surface area contributed by atoms with Crippen molar-refractivity contribution in [1.82, 2.24) is 5.32 Å². The molecule has 0 bridgehead atoms. The van der Waals surface area contributed by atoms with Crippen molar-refractivity contribution in [1.29, 1.82) is 0 Å². The minimum atomic E-state index is -0.986. The van der Waals surface area contributed by atoms with Crippen molar-refractivity contribution < 1.29 is 14.7 Å². The number of hydrogen-bond donors (Lipinski definition) is 2. The first-order valence-electron chi connectivity index (χ1n) is 5.48. The van der Waals surface area contributed by atoms with Crippen LogP contribution in [0, 0.1) is 12.8 Å². The first-order valence-corrected chi connectivity index (χ1v) is 6.42. The lowest BCUT2D eigenvalue weighted by Crippen LogP contribution is -2.41. The average Bonchev–Trinajstić information content (AvgIpc) is 2.62. The molecule has 0 aromatic carbocycles. The first kappa shape index (κ1) is 13.7. The summed E-state index contributed by atoms with van der Waals surface area (Å²) < 4.78 is 0. The van der Waals surface area contributed by atoms with E-state index in [1.807, 2.05) is 26.2 Å². The summed E-state index contributed by atoms with van der Waals surface area (Å²) in [6, 6.07) is -0.818. The SMILES string of the molecule is Cc1cscc1C(=O)N[C@@H](CC(C)C)C(=O)O. The predicted octanol–water partition coefficient (Wildman–Crippen LogP) is 2.29. The summed E-state index contributed by atoms with van der Waals surface area (Å²) in [4.78, 5) is 22.9. The summed E-state index contributed by atoms with van der Waals surface area (Å²) in [5.41, 5.74) is 1.44. The highest BCUT2D eigenvalue weighted by molar-refractivity contribution is 7.08. The van der Waals surface area contributed by atoms with Crippen LogP contribution in [0.2, 0.25) is 0 Å². The lowest BCUT2D eigenvalue weighted by atomic mass is 10.0. The highest BCUT2D eigenvalue weighted by Gasteiger charge is 2.22. The Kier molecular flexibility index (Phi) is 4.69. The topological polar surface area (TPSA) is 66.4 Å². The normalized spacial score (nSPS) is 12.5. The molecule has 5 heteroatoms. The number of thiophene rings is 1. The molecule has 0 aliphatic carbocycles. The molecule has 0 fully saturated rings. The zero-order valence-corrected chi connectivity index (χ0v) is 11.0. The minimum absolute atomic E-state index is 0.222. The molecule has 0 saturated heterocycles. The molecule has 0 spiro atoms. The van der Waals surface area contributed by atoms with Gasteiger partial charge in [0.05, 0.1) is 5.56 Å². The van der Waals surface area contributed by atoms with Crippen molar-refractivity contribution in [3.05, 3.63) is 21.9 Å². The third-order valence-electron chi connectivity index (χ3n) is 2.41. The second kappa shape index (κ2) is 5.82. The largest absolute Gasteiger partial charge is 0.480 e. The van der Waals surface area contributed by atoms with Crippen molar-refractivity contribution in [2.75, 3.05) is 0 Å². The van der Waals surface area contributed by atoms with E-state index in [-0.39, 0.29) is 11.8 Å². The number of nitrogens with one attached hydrogen (secondary N) is 1. The Hall–Kier alpha value is -1.36. The first-order chi connectivity index (χ1) is 7.91. The van der Waals surface area contributed by atoms with E-state index in [0.717, 1.165) is 5.56 Å². The zero-order valence-electron chi connectivity index (χ0n) is 10.2. The Bertz CT molecular complexity index is 412. The standard InChI is InChI=1S/C12H17NO3S/c1-7(2)4-10(12(15)16)13-11(14)9-6-17-5-8(9)3/h5-7,10H,4H2,1-3H3,(H,13,14)(H,15,16)/t10-/m0/s1. The number of aryl methyl sites for hydroxylation is 1. The molecule has 0 aliphatic heterocycles. The molecule has 94 valence electrons. The van der Waals surface area contributed by atoms with E-state index < -0.39 is 12.0 Å². The minimum Gasteiger partial charge on any atom is -0.480 e. The third-order valence-corrected chi connectivity index (χ3v) is 3.27. The van der Waals surface area contributed by atoms with E-state index in [9.17, 15) is 9.59 Å². The fraction of sp³-hybridized carbons (Fsp3) is 0.500. The van der Waals surface area contributed by atoms with E-state index in [1.54, 1.807) is 5.38 Å². The van der Waals surface area contributed by atoms with Gasteiger partial charge < -0.3 is 10.4 Å². The Morgan fingerprint density at radius 1 is 1.41 bits per heavy atom. The molecule has 1 amide bonds. The maximum atomic E-state index is 11.9. The number of rotatable bonds is 5. The van der Waals surface area contributed by atoms with Crippen LogP contribution in [-0.2, 0) is 4.79 Å². The Morgan fingerprint density at radius 3 is 2.47 bits per heavy atom. The summed E-state index contributed by atoms with van der Waals surface area (Å²) in [5.74, 6) is -1.07. The van der Waals surface area contributed by atoms with Crippen LogP contribution in [0.3, 0.4) is 0 Å². The summed E-state index contributed by atoms with van der Waals surface area (Å²) >= 11 is 1.44. The molecule has 0 aliphatic rings. The molecule has 4 nitrogen and oxygen atoms in total. The van der Waals surface area contributed by atoms with Crippen molar-refractivity contribution >= 4 is 23.2 Å². The van der Waals surface area contributed by atoms with Crippen LogP contribution in [0.4, 0.5) is 0 Å². The lowest BCUT2D eigenvalue weighted by Gasteiger charge is -2.16. The molecule has 1 aromatic rings. The average molecular weight is 255 g/mol. The summed E-state index contributed by atoms with van der Waals surface area (Å²) in [5, 5.41) is 15.2. The van der Waals surface area contributed by atoms with Gasteiger partial charge in [-0.1, -0.05) is 13.8 Å². The summed E-state index contributed by atoms with van der Waals surface area (Å²) in [6.07, 6.45) is 0.435. The second-order valence-corrected chi connectivity index (χ2v) is 5.21. The van der Waals surface area contributed by atoms with Gasteiger partial charge in [0.1, 0.15) is 6.04 Å². The van der Waals surface area contributed by atoms with Gasteiger partial charge in [-0.3, -0.25) is 4.79 Å². The van der Waals surface area contributed by atoms with Gasteiger partial charge in [0.25, 0.3) is 5.91 Å². The van der Waals surface area contributed by atoms with Crippen LogP contribution >= 0.6 is 11.3 Å². The van der Waals surface area contributed by atoms with E-state index >= 15 is 0 Å². The van der Waals surface area contributed by atoms with Gasteiger partial charge >= 0.3 is 5.97 Å². The molecule has 1 aromatic heterocycles. The monoisotopic (exact) mass is 255 g/mol. The van der Waals surface area contributed by atoms with E-state index in [4.69, 9.17) is 5.11 Å². The number of carbonyl (C=O) groups excluding carboxylic acids is 1. The van der Waals surface area contributed by atoms with Crippen LogP contribution in [0.1, 0.15) is 36.2 Å². The fourth-order valence-corrected chi connectivity index (χ4v) is 2.35. The van der Waals surface area contributed by atoms with Gasteiger partial charge in [0, 0.05) is 5.38 Å². The molecule has 1 heterocycles. The van der Waals surface area contributed by atoms with Gasteiger partial charge in [0.15, 0.2) is 0 Å². The van der Waals surface area contributed by atoms with Gasteiger partial charge in [-0.05, 0) is 30.2 Å². The molecule has 1 atom stereocenters. The molecule has 0 saturated carbocycles. The molecule has 0 radical (unpaired) electrons. The number of aliphatic carboxylic acids is 1. The van der Waals surface area contributed by atoms with Crippen LogP contribution in [0.5, 0.6) is 0 Å². The Labute approximate surface area is 105 Å². The van der Waals surface area contributed by atoms with Crippen LogP contribution in [0.25, 0.3) is 0 Å². The van der Waals surface area contributed by atoms with Crippen molar-refractivity contribution in [3.63, 3.8) is 0 Å². The third kappa shape index (κ3) is 3.85. The Morgan fingerprint density at radius 2 is 2.06 bits per heavy atom. The van der Waals surface area contributed by atoms with E-state index in [2.05, 4.69) is 5.32 Å². The molecule has 0 unspecified atom stereocenters. The molecule has 17 heavy (non-hydrogen) atoms. The van der Waals surface area contributed by atoms with Gasteiger partial charge in [-0.25, -0.2) is 4.79 Å². The zero-order chi connectivity index (χ0) is 13.0. The van der Waals surface area contributed by atoms with Crippen LogP contribution < -0.4 is 5.32 Å². The molecule has 2 N–H and O–H groups in total. The molecular formula is C12H17NO3S. The van der Waals surface area contributed by atoms with Crippen LogP contribution in [-0.4, -0.2) is 23.0 Å². The number of hydrogen-bond acceptors (Lipinski definition) is 3. The van der Waals surface area contributed by atoms with Crippen LogP contribution in [0.15, 0.2) is 10.8 Å². The highest BCUT2D eigenvalue weighted by Crippen LogP contribution is 2.14. The lowest BCUT2D eigenvalue weighted by molar-refractivity contribution is -0.139. The fourth-order valence-electron chi connectivity index (χ4n) is 1.52. The summed E-state index contributed by atoms with van der Waals surface area (Å²) in [6.45, 7) is 5.69. The molecule has 1 rings (SSSR count). The Balaban J connectivity index is 2.71. The van der Waals surface area contributed by atoms with E-state index in [1.165, 1.54) is 11.3 Å². The number of amides is 1. The van der Waals surface area contributed by atoms with Crippen molar-refractivity contribution in [2.24, 2.45) is 5.92 Å². The maximum absolute atomic E-state index is 11.9. The number of carboxylic acids is 1. The molecular weight excluding hydrogens is 238 g/mol. The van der Waals surface area contributed by atoms with Crippen molar-refractivity contribution in [2.45, 2.75) is 33.2 Å². The second-order valence-electron chi connectivity index (χ2n) is 4.46. The van der Waals surface area contributed by atoms with Gasteiger partial charge in [0.2, 0.25) is 0 Å². The number of carboxylic acid groups (broad SMARTS) is 1.